The molecule has 0 radical (unpaired) electrons. The molecular formula is C33H34ClFN8O4. The quantitative estimate of drug-likeness (QED) is 0.266. The van der Waals surface area contributed by atoms with Crippen molar-refractivity contribution in [2.24, 2.45) is 5.10 Å². The molecule has 2 atom stereocenters. The minimum absolute atomic E-state index is 0.0530. The number of benzene rings is 3. The number of likely N-dealkylation sites (N-methyl/N-ethyl adjacent to an activating group) is 1. The fraction of sp³-hybridized carbons (Fsp3) is 0.273. The Morgan fingerprint density at radius 2 is 1.87 bits per heavy atom. The monoisotopic (exact) mass is 660 g/mol. The van der Waals surface area contributed by atoms with E-state index in [2.05, 4.69) is 51.4 Å². The number of carbonyl (C=O) groups is 3. The third kappa shape index (κ3) is 6.50. The summed E-state index contributed by atoms with van der Waals surface area (Å²) < 4.78 is 15.3. The smallest absolute Gasteiger partial charge is 0.335 e. The number of fused-ring (bicyclic) bond motifs is 1. The van der Waals surface area contributed by atoms with Gasteiger partial charge in [-0.25, -0.2) is 19.7 Å². The molecule has 6 rings (SSSR count). The maximum atomic E-state index is 15.3. The second-order valence-corrected chi connectivity index (χ2v) is 12.1. The summed E-state index contributed by atoms with van der Waals surface area (Å²) in [5.41, 5.74) is 8.91. The van der Waals surface area contributed by atoms with Crippen molar-refractivity contribution in [1.29, 1.82) is 0 Å². The van der Waals surface area contributed by atoms with Gasteiger partial charge < -0.3 is 25.1 Å². The largest absolute Gasteiger partial charge is 0.478 e. The van der Waals surface area contributed by atoms with E-state index in [-0.39, 0.29) is 22.7 Å². The normalized spacial score (nSPS) is 19.0. The van der Waals surface area contributed by atoms with Crippen LogP contribution < -0.4 is 26.3 Å². The standard InChI is InChI=1S/C33H34ClFN8O4/c1-40(2)22-14-16-41(18-22)27-5-3-4-24-23(27)15-17-42(31(24)32(45)37-21-8-6-20(7-9-21)33(46)47)29(44)13-10-25-28(43-19-36-38-39-43)12-11-26(34)30(25)35/h3-13,19,22,31,38-39H,14-18H2,1-2H3,(H,37,45)(H,46,47)/b13-10+/t22-,31-/m1/s1. The van der Waals surface area contributed by atoms with E-state index in [4.69, 9.17) is 11.6 Å². The number of hydrazine groups is 2. The number of hydrazone groups is 1. The number of halogens is 2. The molecule has 4 N–H and O–H groups in total. The van der Waals surface area contributed by atoms with Crippen molar-refractivity contribution < 1.29 is 23.9 Å². The van der Waals surface area contributed by atoms with Crippen LogP contribution in [0.3, 0.4) is 0 Å². The molecule has 47 heavy (non-hydrogen) atoms. The Hall–Kier alpha value is -4.98. The summed E-state index contributed by atoms with van der Waals surface area (Å²) in [5.74, 6) is -2.76. The lowest BCUT2D eigenvalue weighted by Crippen LogP contribution is -2.45. The number of carbonyl (C=O) groups excluding carboxylic acids is 2. The molecule has 12 nitrogen and oxygen atoms in total. The molecule has 3 aliphatic heterocycles. The number of nitrogens with one attached hydrogen (secondary N) is 3. The van der Waals surface area contributed by atoms with Crippen LogP contribution in [0.25, 0.3) is 6.08 Å². The Kier molecular flexibility index (Phi) is 9.12. The van der Waals surface area contributed by atoms with Gasteiger partial charge in [-0.2, -0.15) is 5.10 Å². The first-order chi connectivity index (χ1) is 22.6. The number of carboxylic acid groups (broad SMARTS) is 1. The predicted molar refractivity (Wildman–Crippen MR) is 179 cm³/mol. The molecule has 1 saturated heterocycles. The second-order valence-electron chi connectivity index (χ2n) is 11.7. The van der Waals surface area contributed by atoms with E-state index >= 15 is 4.39 Å². The van der Waals surface area contributed by atoms with Crippen molar-refractivity contribution in [2.45, 2.75) is 24.9 Å². The molecule has 14 heteroatoms. The van der Waals surface area contributed by atoms with E-state index in [1.807, 2.05) is 12.1 Å². The molecule has 3 aromatic carbocycles. The highest BCUT2D eigenvalue weighted by Gasteiger charge is 2.38. The molecular weight excluding hydrogens is 627 g/mol. The van der Waals surface area contributed by atoms with E-state index in [1.165, 1.54) is 58.7 Å². The zero-order valence-corrected chi connectivity index (χ0v) is 26.5. The molecule has 3 aromatic rings. The molecule has 0 unspecified atom stereocenters. The van der Waals surface area contributed by atoms with Crippen molar-refractivity contribution in [1.82, 2.24) is 20.9 Å². The van der Waals surface area contributed by atoms with Gasteiger partial charge >= 0.3 is 5.97 Å². The fourth-order valence-corrected chi connectivity index (χ4v) is 6.42. The Morgan fingerprint density at radius 3 is 2.55 bits per heavy atom. The van der Waals surface area contributed by atoms with Crippen LogP contribution in [-0.2, 0) is 16.0 Å². The van der Waals surface area contributed by atoms with E-state index in [1.54, 1.807) is 6.07 Å². The SMILES string of the molecule is CN(C)[C@@H]1CCN(c2cccc3c2CCN(C(=O)/C=C/c2c(N4C=NNN4)ccc(Cl)c2F)[C@H]3C(=O)Nc2ccc(C(=O)O)cc2)C1. The van der Waals surface area contributed by atoms with Crippen LogP contribution in [0.1, 0.15) is 39.5 Å². The molecule has 3 heterocycles. The number of anilines is 3. The molecule has 0 saturated carbocycles. The molecule has 2 amide bonds. The lowest BCUT2D eigenvalue weighted by atomic mass is 9.90. The topological polar surface area (TPSA) is 133 Å². The van der Waals surface area contributed by atoms with Crippen LogP contribution in [0.2, 0.25) is 5.02 Å². The third-order valence-corrected chi connectivity index (χ3v) is 9.02. The fourth-order valence-electron chi connectivity index (χ4n) is 6.25. The summed E-state index contributed by atoms with van der Waals surface area (Å²) >= 11 is 6.09. The number of carboxylic acids is 1. The molecule has 1 fully saturated rings. The first kappa shape index (κ1) is 32.0. The number of amides is 2. The van der Waals surface area contributed by atoms with Gasteiger partial charge in [0, 0.05) is 48.7 Å². The molecule has 0 aliphatic carbocycles. The summed E-state index contributed by atoms with van der Waals surface area (Å²) in [6.07, 6.45) is 5.51. The highest BCUT2D eigenvalue weighted by molar-refractivity contribution is 6.31. The van der Waals surface area contributed by atoms with Crippen LogP contribution in [0.4, 0.5) is 21.5 Å². The van der Waals surface area contributed by atoms with Crippen LogP contribution >= 0.6 is 11.6 Å². The van der Waals surface area contributed by atoms with Gasteiger partial charge in [0.25, 0.3) is 5.91 Å². The minimum Gasteiger partial charge on any atom is -0.478 e. The zero-order valence-electron chi connectivity index (χ0n) is 25.8. The summed E-state index contributed by atoms with van der Waals surface area (Å²) in [6, 6.07) is 14.0. The van der Waals surface area contributed by atoms with Gasteiger partial charge in [0.15, 0.2) is 5.82 Å². The second kappa shape index (κ2) is 13.4. The number of aromatic carboxylic acids is 1. The lowest BCUT2D eigenvalue weighted by Gasteiger charge is -2.38. The van der Waals surface area contributed by atoms with Gasteiger partial charge in [0.2, 0.25) is 5.91 Å². The van der Waals surface area contributed by atoms with E-state index in [9.17, 15) is 19.5 Å². The number of rotatable bonds is 8. The maximum absolute atomic E-state index is 15.3. The van der Waals surface area contributed by atoms with Gasteiger partial charge in [-0.05, 0) is 86.6 Å². The number of hydrogen-bond donors (Lipinski definition) is 4. The van der Waals surface area contributed by atoms with Crippen molar-refractivity contribution in [2.75, 3.05) is 49.0 Å². The van der Waals surface area contributed by atoms with Crippen molar-refractivity contribution in [3.63, 3.8) is 0 Å². The Balaban J connectivity index is 1.34. The van der Waals surface area contributed by atoms with Gasteiger partial charge in [-0.1, -0.05) is 23.7 Å². The Bertz CT molecular complexity index is 1770. The lowest BCUT2D eigenvalue weighted by molar-refractivity contribution is -0.135. The molecule has 0 bridgehead atoms. The van der Waals surface area contributed by atoms with Gasteiger partial charge in [0.1, 0.15) is 12.4 Å². The van der Waals surface area contributed by atoms with Crippen LogP contribution in [0.5, 0.6) is 0 Å². The van der Waals surface area contributed by atoms with Crippen molar-refractivity contribution >= 4 is 58.9 Å². The summed E-state index contributed by atoms with van der Waals surface area (Å²) in [7, 11) is 4.14. The Morgan fingerprint density at radius 1 is 1.09 bits per heavy atom. The van der Waals surface area contributed by atoms with Gasteiger partial charge in [0.05, 0.1) is 16.3 Å². The summed E-state index contributed by atoms with van der Waals surface area (Å²) in [5, 5.41) is 17.3. The number of nitrogens with zero attached hydrogens (tertiary/aromatic N) is 5. The van der Waals surface area contributed by atoms with E-state index in [0.717, 1.165) is 30.8 Å². The highest BCUT2D eigenvalue weighted by Crippen LogP contribution is 2.38. The Labute approximate surface area is 276 Å². The molecule has 3 aliphatic rings. The van der Waals surface area contributed by atoms with Crippen molar-refractivity contribution in [3.8, 4) is 0 Å². The molecule has 0 aromatic heterocycles. The van der Waals surface area contributed by atoms with Crippen molar-refractivity contribution in [3.05, 3.63) is 93.8 Å². The summed E-state index contributed by atoms with van der Waals surface area (Å²) in [4.78, 5) is 45.3. The molecule has 244 valence electrons. The van der Waals surface area contributed by atoms with Gasteiger partial charge in [-0.3, -0.25) is 9.59 Å². The van der Waals surface area contributed by atoms with Crippen LogP contribution in [0, 0.1) is 5.82 Å². The average molecular weight is 661 g/mol. The first-order valence-electron chi connectivity index (χ1n) is 15.1. The highest BCUT2D eigenvalue weighted by atomic mass is 35.5. The predicted octanol–water partition coefficient (Wildman–Crippen LogP) is 3.87. The molecule has 0 spiro atoms. The average Bonchev–Trinajstić information content (AvgIpc) is 3.78. The number of hydrogen-bond acceptors (Lipinski definition) is 9. The third-order valence-electron chi connectivity index (χ3n) is 8.73. The van der Waals surface area contributed by atoms with E-state index < -0.39 is 29.6 Å². The summed E-state index contributed by atoms with van der Waals surface area (Å²) in [6.45, 7) is 1.96. The maximum Gasteiger partial charge on any atom is 0.335 e. The van der Waals surface area contributed by atoms with E-state index in [0.29, 0.717) is 29.4 Å². The van der Waals surface area contributed by atoms with Crippen LogP contribution in [0.15, 0.2) is 65.8 Å². The van der Waals surface area contributed by atoms with Crippen LogP contribution in [-0.4, -0.2) is 78.8 Å². The first-order valence-corrected chi connectivity index (χ1v) is 15.5. The zero-order chi connectivity index (χ0) is 33.2. The minimum atomic E-state index is -1.08. The van der Waals surface area contributed by atoms with Gasteiger partial charge in [-0.15, -0.1) is 5.53 Å².